The molecular formula is C15H24N2O. The van der Waals surface area contributed by atoms with E-state index in [1.165, 1.54) is 13.0 Å². The molecule has 100 valence electrons. The van der Waals surface area contributed by atoms with Gasteiger partial charge in [0.05, 0.1) is 0 Å². The Hall–Kier alpha value is -1.06. The van der Waals surface area contributed by atoms with Crippen LogP contribution in [0.15, 0.2) is 18.2 Å². The van der Waals surface area contributed by atoms with Crippen molar-refractivity contribution in [3.63, 3.8) is 0 Å². The molecule has 3 nitrogen and oxygen atoms in total. The quantitative estimate of drug-likeness (QED) is 0.869. The van der Waals surface area contributed by atoms with Crippen LogP contribution >= 0.6 is 0 Å². The number of phenols is 1. The summed E-state index contributed by atoms with van der Waals surface area (Å²) in [5.74, 6) is 0.460. The largest absolute Gasteiger partial charge is 0.507 e. The average molecular weight is 248 g/mol. The Morgan fingerprint density at radius 1 is 1.33 bits per heavy atom. The Labute approximate surface area is 110 Å². The lowest BCUT2D eigenvalue weighted by atomic mass is 10.1. The van der Waals surface area contributed by atoms with E-state index in [-0.39, 0.29) is 0 Å². The first-order valence-electron chi connectivity index (χ1n) is 6.78. The third-order valence-corrected chi connectivity index (χ3v) is 3.88. The van der Waals surface area contributed by atoms with Gasteiger partial charge in [-0.25, -0.2) is 0 Å². The standard InChI is InChI=1S/C15H24N2O/c1-12-6-4-7-14(15(12)18)11-17-9-5-8-16(3)10-13(17)2/h4,6-7,13,18H,5,8-11H2,1-3H3. The molecule has 3 heteroatoms. The summed E-state index contributed by atoms with van der Waals surface area (Å²) >= 11 is 0. The van der Waals surface area contributed by atoms with Crippen molar-refractivity contribution in [2.75, 3.05) is 26.7 Å². The summed E-state index contributed by atoms with van der Waals surface area (Å²) in [6, 6.07) is 6.55. The number of nitrogens with zero attached hydrogens (tertiary/aromatic N) is 2. The zero-order valence-corrected chi connectivity index (χ0v) is 11.7. The number of phenolic OH excluding ortho intramolecular Hbond substituents is 1. The number of likely N-dealkylation sites (N-methyl/N-ethyl adjacent to an activating group) is 1. The molecule has 1 heterocycles. The number of hydrogen-bond acceptors (Lipinski definition) is 3. The van der Waals surface area contributed by atoms with E-state index in [9.17, 15) is 5.11 Å². The first-order valence-corrected chi connectivity index (χ1v) is 6.78. The van der Waals surface area contributed by atoms with Crippen LogP contribution in [0.1, 0.15) is 24.5 Å². The molecule has 1 saturated heterocycles. The van der Waals surface area contributed by atoms with Gasteiger partial charge in [-0.1, -0.05) is 18.2 Å². The van der Waals surface area contributed by atoms with Crippen LogP contribution in [-0.2, 0) is 6.54 Å². The van der Waals surface area contributed by atoms with Gasteiger partial charge in [0.2, 0.25) is 0 Å². The van der Waals surface area contributed by atoms with Crippen LogP contribution in [0, 0.1) is 6.92 Å². The van der Waals surface area contributed by atoms with Gasteiger partial charge in [-0.05, 0) is 39.4 Å². The molecule has 0 saturated carbocycles. The van der Waals surface area contributed by atoms with Gasteiger partial charge >= 0.3 is 0 Å². The van der Waals surface area contributed by atoms with Gasteiger partial charge in [0.25, 0.3) is 0 Å². The summed E-state index contributed by atoms with van der Waals surface area (Å²) in [5, 5.41) is 10.1. The van der Waals surface area contributed by atoms with Crippen LogP contribution in [-0.4, -0.2) is 47.6 Å². The van der Waals surface area contributed by atoms with Gasteiger partial charge in [-0.2, -0.15) is 0 Å². The minimum absolute atomic E-state index is 0.460. The van der Waals surface area contributed by atoms with Crippen LogP contribution in [0.3, 0.4) is 0 Å². The molecule has 0 spiro atoms. The lowest BCUT2D eigenvalue weighted by Crippen LogP contribution is -2.37. The van der Waals surface area contributed by atoms with Crippen molar-refractivity contribution in [2.24, 2.45) is 0 Å². The van der Waals surface area contributed by atoms with Gasteiger partial charge < -0.3 is 10.0 Å². The molecular weight excluding hydrogens is 224 g/mol. The predicted octanol–water partition coefficient (Wildman–Crippen LogP) is 2.23. The molecule has 0 radical (unpaired) electrons. The van der Waals surface area contributed by atoms with E-state index >= 15 is 0 Å². The van der Waals surface area contributed by atoms with Crippen molar-refractivity contribution in [2.45, 2.75) is 32.9 Å². The molecule has 2 rings (SSSR count). The maximum atomic E-state index is 10.1. The fraction of sp³-hybridized carbons (Fsp3) is 0.600. The highest BCUT2D eigenvalue weighted by atomic mass is 16.3. The van der Waals surface area contributed by atoms with Gasteiger partial charge in [0.15, 0.2) is 0 Å². The molecule has 1 unspecified atom stereocenters. The van der Waals surface area contributed by atoms with Crippen molar-refractivity contribution in [3.8, 4) is 5.75 Å². The average Bonchev–Trinajstić information content (AvgIpc) is 2.47. The Bertz CT molecular complexity index is 405. The number of aromatic hydroxyl groups is 1. The molecule has 1 aromatic rings. The molecule has 1 aliphatic heterocycles. The summed E-state index contributed by atoms with van der Waals surface area (Å²) in [6.45, 7) is 8.46. The number of benzene rings is 1. The van der Waals surface area contributed by atoms with Gasteiger partial charge in [-0.3, -0.25) is 4.90 Å². The van der Waals surface area contributed by atoms with Crippen molar-refractivity contribution in [1.82, 2.24) is 9.80 Å². The molecule has 1 fully saturated rings. The third kappa shape index (κ3) is 3.03. The fourth-order valence-corrected chi connectivity index (χ4v) is 2.72. The molecule has 1 atom stereocenters. The van der Waals surface area contributed by atoms with E-state index in [2.05, 4.69) is 23.8 Å². The first-order chi connectivity index (χ1) is 8.58. The number of rotatable bonds is 2. The maximum absolute atomic E-state index is 10.1. The molecule has 1 aliphatic rings. The molecule has 18 heavy (non-hydrogen) atoms. The molecule has 0 bridgehead atoms. The summed E-state index contributed by atoms with van der Waals surface area (Å²) in [4.78, 5) is 4.86. The second kappa shape index (κ2) is 5.72. The van der Waals surface area contributed by atoms with Crippen LogP contribution in [0.25, 0.3) is 0 Å². The maximum Gasteiger partial charge on any atom is 0.122 e. The second-order valence-corrected chi connectivity index (χ2v) is 5.52. The van der Waals surface area contributed by atoms with Crippen molar-refractivity contribution in [1.29, 1.82) is 0 Å². The molecule has 1 N–H and O–H groups in total. The van der Waals surface area contributed by atoms with Crippen LogP contribution < -0.4 is 0 Å². The highest BCUT2D eigenvalue weighted by molar-refractivity contribution is 5.39. The van der Waals surface area contributed by atoms with Crippen molar-refractivity contribution < 1.29 is 5.11 Å². The summed E-state index contributed by atoms with van der Waals surface area (Å²) in [7, 11) is 2.18. The molecule has 0 amide bonds. The smallest absolute Gasteiger partial charge is 0.122 e. The summed E-state index contributed by atoms with van der Waals surface area (Å²) in [6.07, 6.45) is 1.20. The lowest BCUT2D eigenvalue weighted by molar-refractivity contribution is 0.193. The third-order valence-electron chi connectivity index (χ3n) is 3.88. The SMILES string of the molecule is Cc1cccc(CN2CCCN(C)CC2C)c1O. The van der Waals surface area contributed by atoms with Crippen LogP contribution in [0.4, 0.5) is 0 Å². The minimum atomic E-state index is 0.460. The minimum Gasteiger partial charge on any atom is -0.507 e. The monoisotopic (exact) mass is 248 g/mol. The Morgan fingerprint density at radius 2 is 2.11 bits per heavy atom. The topological polar surface area (TPSA) is 26.7 Å². The van der Waals surface area contributed by atoms with E-state index < -0.39 is 0 Å². The number of aryl methyl sites for hydroxylation is 1. The van der Waals surface area contributed by atoms with Crippen LogP contribution in [0.5, 0.6) is 5.75 Å². The lowest BCUT2D eigenvalue weighted by Gasteiger charge is -2.28. The van der Waals surface area contributed by atoms with Crippen molar-refractivity contribution >= 4 is 0 Å². The van der Waals surface area contributed by atoms with Gasteiger partial charge in [0, 0.05) is 31.2 Å². The van der Waals surface area contributed by atoms with Crippen molar-refractivity contribution in [3.05, 3.63) is 29.3 Å². The summed E-state index contributed by atoms with van der Waals surface area (Å²) < 4.78 is 0. The summed E-state index contributed by atoms with van der Waals surface area (Å²) in [5.41, 5.74) is 2.01. The predicted molar refractivity (Wildman–Crippen MR) is 74.8 cm³/mol. The van der Waals surface area contributed by atoms with Crippen LogP contribution in [0.2, 0.25) is 0 Å². The fourth-order valence-electron chi connectivity index (χ4n) is 2.72. The van der Waals surface area contributed by atoms with E-state index in [0.717, 1.165) is 30.8 Å². The second-order valence-electron chi connectivity index (χ2n) is 5.52. The zero-order valence-electron chi connectivity index (χ0n) is 11.7. The molecule has 0 aliphatic carbocycles. The normalized spacial score (nSPS) is 22.9. The Morgan fingerprint density at radius 3 is 2.89 bits per heavy atom. The van der Waals surface area contributed by atoms with E-state index in [4.69, 9.17) is 0 Å². The number of hydrogen-bond donors (Lipinski definition) is 1. The molecule has 0 aromatic heterocycles. The van der Waals surface area contributed by atoms with E-state index in [1.807, 2.05) is 25.1 Å². The van der Waals surface area contributed by atoms with Gasteiger partial charge in [-0.15, -0.1) is 0 Å². The highest BCUT2D eigenvalue weighted by Gasteiger charge is 2.20. The Kier molecular flexibility index (Phi) is 4.25. The zero-order chi connectivity index (χ0) is 13.1. The highest BCUT2D eigenvalue weighted by Crippen LogP contribution is 2.24. The van der Waals surface area contributed by atoms with E-state index in [1.54, 1.807) is 0 Å². The van der Waals surface area contributed by atoms with Gasteiger partial charge in [0.1, 0.15) is 5.75 Å². The number of para-hydroxylation sites is 1. The van der Waals surface area contributed by atoms with E-state index in [0.29, 0.717) is 11.8 Å². The first kappa shape index (κ1) is 13.4. The molecule has 1 aromatic carbocycles. The Balaban J connectivity index is 2.10.